The Morgan fingerprint density at radius 3 is 2.58 bits per heavy atom. The highest BCUT2D eigenvalue weighted by Gasteiger charge is 1.98. The van der Waals surface area contributed by atoms with Crippen LogP contribution in [0.15, 0.2) is 24.2 Å². The van der Waals surface area contributed by atoms with Crippen LogP contribution < -0.4 is 0 Å². The average Bonchev–Trinajstić information content (AvgIpc) is 2.17. The van der Waals surface area contributed by atoms with Crippen molar-refractivity contribution < 1.29 is 0 Å². The van der Waals surface area contributed by atoms with Crippen LogP contribution in [0.4, 0.5) is 0 Å². The van der Waals surface area contributed by atoms with Gasteiger partial charge < -0.3 is 0 Å². The van der Waals surface area contributed by atoms with Gasteiger partial charge in [0.15, 0.2) is 0 Å². The molecule has 1 aromatic heterocycles. The molecular formula is C10H14N2. The highest BCUT2D eigenvalue weighted by atomic mass is 14.8. The molecule has 0 bridgehead atoms. The average molecular weight is 162 g/mol. The Morgan fingerprint density at radius 1 is 1.33 bits per heavy atom. The van der Waals surface area contributed by atoms with Gasteiger partial charge in [0, 0.05) is 12.4 Å². The standard InChI is InChI=1S/C10H14N2/c1-4-8(2)9(3)10-7-11-5-6-12-10/h5-7H,4H2,1-3H3. The molecule has 0 unspecified atom stereocenters. The molecule has 1 heterocycles. The van der Waals surface area contributed by atoms with Gasteiger partial charge in [0.25, 0.3) is 0 Å². The lowest BCUT2D eigenvalue weighted by Gasteiger charge is -2.03. The van der Waals surface area contributed by atoms with Crippen LogP contribution in [0.25, 0.3) is 5.57 Å². The minimum absolute atomic E-state index is 0.983. The molecule has 0 aromatic carbocycles. The molecule has 2 heteroatoms. The molecule has 1 aromatic rings. The molecule has 0 spiro atoms. The topological polar surface area (TPSA) is 25.8 Å². The van der Waals surface area contributed by atoms with E-state index in [-0.39, 0.29) is 0 Å². The minimum atomic E-state index is 0.983. The summed E-state index contributed by atoms with van der Waals surface area (Å²) in [6.45, 7) is 6.36. The maximum atomic E-state index is 4.23. The van der Waals surface area contributed by atoms with E-state index in [1.165, 1.54) is 11.1 Å². The molecule has 0 aliphatic carbocycles. The Hall–Kier alpha value is -1.18. The summed E-state index contributed by atoms with van der Waals surface area (Å²) in [6.07, 6.45) is 6.29. The van der Waals surface area contributed by atoms with Crippen molar-refractivity contribution in [2.24, 2.45) is 0 Å². The van der Waals surface area contributed by atoms with E-state index < -0.39 is 0 Å². The quantitative estimate of drug-likeness (QED) is 0.668. The molecule has 0 atom stereocenters. The summed E-state index contributed by atoms with van der Waals surface area (Å²) in [7, 11) is 0. The smallest absolute Gasteiger partial charge is 0.0841 e. The van der Waals surface area contributed by atoms with E-state index in [0.29, 0.717) is 0 Å². The van der Waals surface area contributed by atoms with Crippen LogP contribution in [0, 0.1) is 0 Å². The first-order chi connectivity index (χ1) is 5.75. The van der Waals surface area contributed by atoms with Gasteiger partial charge in [-0.2, -0.15) is 0 Å². The second-order valence-electron chi connectivity index (χ2n) is 2.85. The fourth-order valence-corrected chi connectivity index (χ4v) is 0.977. The summed E-state index contributed by atoms with van der Waals surface area (Å²) in [5, 5.41) is 0. The van der Waals surface area contributed by atoms with Gasteiger partial charge in [-0.25, -0.2) is 0 Å². The molecule has 0 radical (unpaired) electrons. The van der Waals surface area contributed by atoms with Crippen molar-refractivity contribution >= 4 is 5.57 Å². The third-order valence-electron chi connectivity index (χ3n) is 2.12. The number of allylic oxidation sites excluding steroid dienone is 2. The lowest BCUT2D eigenvalue weighted by molar-refractivity contribution is 1.08. The molecule has 64 valence electrons. The van der Waals surface area contributed by atoms with Crippen molar-refractivity contribution in [3.8, 4) is 0 Å². The molecule has 2 nitrogen and oxygen atoms in total. The molecule has 0 fully saturated rings. The summed E-state index contributed by atoms with van der Waals surface area (Å²) >= 11 is 0. The maximum absolute atomic E-state index is 4.23. The Labute approximate surface area is 73.4 Å². The van der Waals surface area contributed by atoms with Gasteiger partial charge in [0.1, 0.15) is 0 Å². The summed E-state index contributed by atoms with van der Waals surface area (Å²) in [5.41, 5.74) is 3.60. The molecular weight excluding hydrogens is 148 g/mol. The Morgan fingerprint density at radius 2 is 2.08 bits per heavy atom. The lowest BCUT2D eigenvalue weighted by Crippen LogP contribution is -1.89. The molecule has 0 amide bonds. The monoisotopic (exact) mass is 162 g/mol. The number of aromatic nitrogens is 2. The van der Waals surface area contributed by atoms with Crippen LogP contribution in [-0.4, -0.2) is 9.97 Å². The molecule has 0 saturated heterocycles. The third-order valence-corrected chi connectivity index (χ3v) is 2.12. The summed E-state index contributed by atoms with van der Waals surface area (Å²) < 4.78 is 0. The number of hydrogen-bond acceptors (Lipinski definition) is 2. The largest absolute Gasteiger partial charge is 0.261 e. The van der Waals surface area contributed by atoms with Crippen molar-refractivity contribution in [3.63, 3.8) is 0 Å². The summed E-state index contributed by atoms with van der Waals surface area (Å²) in [4.78, 5) is 8.25. The SMILES string of the molecule is CCC(C)=C(C)c1cnccn1. The van der Waals surface area contributed by atoms with Gasteiger partial charge in [0.2, 0.25) is 0 Å². The van der Waals surface area contributed by atoms with Crippen molar-refractivity contribution in [1.82, 2.24) is 9.97 Å². The number of hydrogen-bond donors (Lipinski definition) is 0. The van der Waals surface area contributed by atoms with E-state index in [1.807, 2.05) is 0 Å². The van der Waals surface area contributed by atoms with Crippen LogP contribution in [0.1, 0.15) is 32.9 Å². The van der Waals surface area contributed by atoms with Crippen LogP contribution in [0.3, 0.4) is 0 Å². The van der Waals surface area contributed by atoms with Crippen molar-refractivity contribution in [2.75, 3.05) is 0 Å². The Bertz CT molecular complexity index is 275. The molecule has 0 aliphatic rings. The van der Waals surface area contributed by atoms with Crippen LogP contribution in [0.2, 0.25) is 0 Å². The van der Waals surface area contributed by atoms with Gasteiger partial charge in [-0.1, -0.05) is 12.5 Å². The van der Waals surface area contributed by atoms with Gasteiger partial charge in [-0.15, -0.1) is 0 Å². The number of nitrogens with zero attached hydrogens (tertiary/aromatic N) is 2. The summed E-state index contributed by atoms with van der Waals surface area (Å²) in [5.74, 6) is 0. The maximum Gasteiger partial charge on any atom is 0.0841 e. The zero-order valence-electron chi connectivity index (χ0n) is 7.83. The van der Waals surface area contributed by atoms with Crippen LogP contribution >= 0.6 is 0 Å². The first kappa shape index (κ1) is 8.91. The molecule has 0 N–H and O–H groups in total. The van der Waals surface area contributed by atoms with Crippen molar-refractivity contribution in [3.05, 3.63) is 29.9 Å². The molecule has 0 aliphatic heterocycles. The zero-order chi connectivity index (χ0) is 8.97. The van der Waals surface area contributed by atoms with E-state index in [0.717, 1.165) is 12.1 Å². The van der Waals surface area contributed by atoms with E-state index in [1.54, 1.807) is 18.6 Å². The van der Waals surface area contributed by atoms with E-state index in [2.05, 4.69) is 30.7 Å². The third kappa shape index (κ3) is 1.91. The first-order valence-electron chi connectivity index (χ1n) is 4.18. The lowest BCUT2D eigenvalue weighted by atomic mass is 10.1. The first-order valence-corrected chi connectivity index (χ1v) is 4.18. The second-order valence-corrected chi connectivity index (χ2v) is 2.85. The van der Waals surface area contributed by atoms with Gasteiger partial charge in [0.05, 0.1) is 11.9 Å². The highest BCUT2D eigenvalue weighted by molar-refractivity contribution is 5.62. The van der Waals surface area contributed by atoms with E-state index >= 15 is 0 Å². The predicted octanol–water partition coefficient (Wildman–Crippen LogP) is 2.68. The minimum Gasteiger partial charge on any atom is -0.261 e. The van der Waals surface area contributed by atoms with Crippen LogP contribution in [0.5, 0.6) is 0 Å². The van der Waals surface area contributed by atoms with E-state index in [9.17, 15) is 0 Å². The molecule has 0 saturated carbocycles. The highest BCUT2D eigenvalue weighted by Crippen LogP contribution is 2.16. The van der Waals surface area contributed by atoms with Crippen LogP contribution in [-0.2, 0) is 0 Å². The van der Waals surface area contributed by atoms with Gasteiger partial charge >= 0.3 is 0 Å². The summed E-state index contributed by atoms with van der Waals surface area (Å²) in [6, 6.07) is 0. The second kappa shape index (κ2) is 4.00. The predicted molar refractivity (Wildman–Crippen MR) is 50.6 cm³/mol. The zero-order valence-corrected chi connectivity index (χ0v) is 7.83. The molecule has 12 heavy (non-hydrogen) atoms. The fourth-order valence-electron chi connectivity index (χ4n) is 0.977. The number of rotatable bonds is 2. The fraction of sp³-hybridized carbons (Fsp3) is 0.400. The van der Waals surface area contributed by atoms with Crippen molar-refractivity contribution in [2.45, 2.75) is 27.2 Å². The molecule has 1 rings (SSSR count). The van der Waals surface area contributed by atoms with Gasteiger partial charge in [-0.3, -0.25) is 9.97 Å². The Balaban J connectivity index is 3.00. The normalized spacial score (nSPS) is 12.6. The Kier molecular flexibility index (Phi) is 2.97. The van der Waals surface area contributed by atoms with Crippen molar-refractivity contribution in [1.29, 1.82) is 0 Å². The van der Waals surface area contributed by atoms with E-state index in [4.69, 9.17) is 0 Å². The van der Waals surface area contributed by atoms with Gasteiger partial charge in [-0.05, 0) is 25.8 Å².